The summed E-state index contributed by atoms with van der Waals surface area (Å²) in [6.45, 7) is 0. The molecule has 0 aliphatic rings. The van der Waals surface area contributed by atoms with Crippen molar-refractivity contribution < 1.29 is 22.0 Å². The fraction of sp³-hybridized carbons (Fsp3) is 0.125. The van der Waals surface area contributed by atoms with Crippen LogP contribution in [0.5, 0.6) is 0 Å². The first-order valence-electron chi connectivity index (χ1n) is 3.85. The number of alkyl halides is 3. The molecule has 7 heteroatoms. The van der Waals surface area contributed by atoms with Crippen LogP contribution in [0.4, 0.5) is 19.2 Å². The summed E-state index contributed by atoms with van der Waals surface area (Å²) >= 11 is 0. The van der Waals surface area contributed by atoms with E-state index in [1.54, 1.807) is 0 Å². The lowest BCUT2D eigenvalue weighted by Gasteiger charge is -1.99. The number of nitrogens with zero attached hydrogens (tertiary/aromatic N) is 1. The zero-order valence-electron chi connectivity index (χ0n) is 7.21. The monoisotopic (exact) mass is 218 g/mol. The molecule has 0 saturated carbocycles. The predicted molar refractivity (Wildman–Crippen MR) is 43.6 cm³/mol. The third-order valence-corrected chi connectivity index (χ3v) is 1.65. The highest BCUT2D eigenvalue weighted by molar-refractivity contribution is 5.50. The van der Waals surface area contributed by atoms with E-state index in [1.807, 2.05) is 0 Å². The van der Waals surface area contributed by atoms with Crippen molar-refractivity contribution in [1.29, 1.82) is 0 Å². The zero-order valence-corrected chi connectivity index (χ0v) is 7.21. The Morgan fingerprint density at radius 3 is 2.33 bits per heavy atom. The molecule has 2 rings (SSSR count). The van der Waals surface area contributed by atoms with Crippen molar-refractivity contribution in [2.75, 3.05) is 5.73 Å². The molecule has 0 aliphatic carbocycles. The van der Waals surface area contributed by atoms with Gasteiger partial charge in [0.15, 0.2) is 11.5 Å². The van der Waals surface area contributed by atoms with Gasteiger partial charge in [-0.25, -0.2) is 4.98 Å². The fourth-order valence-corrected chi connectivity index (χ4v) is 1.02. The number of furan rings is 1. The van der Waals surface area contributed by atoms with E-state index < -0.39 is 11.9 Å². The summed E-state index contributed by atoms with van der Waals surface area (Å²) in [6.07, 6.45) is -3.32. The standard InChI is InChI=1S/C8H5F3N2O2/c9-8(10,11)6-2-1-4(14-6)5-3-13-7(12)15-5/h1-3H,(H2,12,13). The number of nitrogen functional groups attached to an aromatic ring is 1. The van der Waals surface area contributed by atoms with Gasteiger partial charge in [0.1, 0.15) is 0 Å². The summed E-state index contributed by atoms with van der Waals surface area (Å²) in [4.78, 5) is 3.53. The molecule has 2 heterocycles. The van der Waals surface area contributed by atoms with Crippen molar-refractivity contribution in [2.24, 2.45) is 0 Å². The highest BCUT2D eigenvalue weighted by atomic mass is 19.4. The van der Waals surface area contributed by atoms with E-state index in [0.717, 1.165) is 12.1 Å². The largest absolute Gasteiger partial charge is 0.449 e. The molecular weight excluding hydrogens is 213 g/mol. The molecule has 2 aromatic rings. The Balaban J connectivity index is 2.36. The van der Waals surface area contributed by atoms with Gasteiger partial charge in [-0.15, -0.1) is 0 Å². The Bertz CT molecular complexity index is 472. The first-order valence-corrected chi connectivity index (χ1v) is 3.85. The van der Waals surface area contributed by atoms with Gasteiger partial charge in [-0.05, 0) is 12.1 Å². The molecule has 0 fully saturated rings. The molecule has 0 aromatic carbocycles. The molecule has 2 N–H and O–H groups in total. The summed E-state index contributed by atoms with van der Waals surface area (Å²) in [5, 5.41) is 0. The van der Waals surface area contributed by atoms with E-state index in [1.165, 1.54) is 6.20 Å². The van der Waals surface area contributed by atoms with Crippen LogP contribution in [0.3, 0.4) is 0 Å². The molecule has 0 radical (unpaired) electrons. The number of rotatable bonds is 1. The van der Waals surface area contributed by atoms with Crippen LogP contribution < -0.4 is 5.73 Å². The molecule has 0 bridgehead atoms. The Labute approximate surface area is 81.5 Å². The van der Waals surface area contributed by atoms with Gasteiger partial charge in [-0.2, -0.15) is 13.2 Å². The number of hydrogen-bond donors (Lipinski definition) is 1. The fourth-order valence-electron chi connectivity index (χ4n) is 1.02. The Hall–Kier alpha value is -1.92. The van der Waals surface area contributed by atoms with Gasteiger partial charge in [0.25, 0.3) is 6.01 Å². The molecule has 0 saturated heterocycles. The van der Waals surface area contributed by atoms with Crippen LogP contribution in [0.1, 0.15) is 5.76 Å². The normalized spacial score (nSPS) is 11.9. The topological polar surface area (TPSA) is 65.2 Å². The quantitative estimate of drug-likeness (QED) is 0.798. The average molecular weight is 218 g/mol. The van der Waals surface area contributed by atoms with Crippen molar-refractivity contribution in [3.8, 4) is 11.5 Å². The lowest BCUT2D eigenvalue weighted by Crippen LogP contribution is -2.01. The number of nitrogens with two attached hydrogens (primary N) is 1. The van der Waals surface area contributed by atoms with E-state index in [-0.39, 0.29) is 17.5 Å². The van der Waals surface area contributed by atoms with Gasteiger partial charge in [0.2, 0.25) is 5.76 Å². The van der Waals surface area contributed by atoms with Gasteiger partial charge >= 0.3 is 6.18 Å². The molecular formula is C8H5F3N2O2. The number of halogens is 3. The first kappa shape index (κ1) is 9.63. The minimum absolute atomic E-state index is 0.0583. The SMILES string of the molecule is Nc1ncc(-c2ccc(C(F)(F)F)o2)o1. The van der Waals surface area contributed by atoms with Gasteiger partial charge in [0.05, 0.1) is 6.20 Å². The maximum absolute atomic E-state index is 12.2. The molecule has 0 spiro atoms. The lowest BCUT2D eigenvalue weighted by molar-refractivity contribution is -0.152. The highest BCUT2D eigenvalue weighted by Gasteiger charge is 2.35. The van der Waals surface area contributed by atoms with Crippen molar-refractivity contribution in [3.05, 3.63) is 24.1 Å². The van der Waals surface area contributed by atoms with E-state index in [2.05, 4.69) is 9.40 Å². The molecule has 0 amide bonds. The zero-order chi connectivity index (χ0) is 11.1. The third kappa shape index (κ3) is 1.80. The Kier molecular flexibility index (Phi) is 1.95. The minimum atomic E-state index is -4.51. The summed E-state index contributed by atoms with van der Waals surface area (Å²) in [5.74, 6) is -1.10. The molecule has 0 atom stereocenters. The molecule has 80 valence electrons. The van der Waals surface area contributed by atoms with Crippen molar-refractivity contribution in [2.45, 2.75) is 6.18 Å². The van der Waals surface area contributed by atoms with E-state index in [0.29, 0.717) is 0 Å². The van der Waals surface area contributed by atoms with Crippen LogP contribution in [0.2, 0.25) is 0 Å². The Morgan fingerprint density at radius 1 is 1.13 bits per heavy atom. The molecule has 0 aliphatic heterocycles. The summed E-state index contributed by atoms with van der Waals surface area (Å²) in [6, 6.07) is 1.83. The van der Waals surface area contributed by atoms with E-state index >= 15 is 0 Å². The first-order chi connectivity index (χ1) is 6.97. The molecule has 15 heavy (non-hydrogen) atoms. The van der Waals surface area contributed by atoms with E-state index in [9.17, 15) is 13.2 Å². The van der Waals surface area contributed by atoms with Crippen LogP contribution in [-0.2, 0) is 6.18 Å². The number of anilines is 1. The number of aromatic nitrogens is 1. The maximum Gasteiger partial charge on any atom is 0.449 e. The van der Waals surface area contributed by atoms with Gasteiger partial charge in [0, 0.05) is 0 Å². The van der Waals surface area contributed by atoms with E-state index in [4.69, 9.17) is 10.2 Å². The predicted octanol–water partition coefficient (Wildman–Crippen LogP) is 2.54. The van der Waals surface area contributed by atoms with Gasteiger partial charge in [-0.3, -0.25) is 0 Å². The second-order valence-corrected chi connectivity index (χ2v) is 2.72. The molecule has 0 unspecified atom stereocenters. The van der Waals surface area contributed by atoms with Gasteiger partial charge < -0.3 is 14.6 Å². The third-order valence-electron chi connectivity index (χ3n) is 1.65. The van der Waals surface area contributed by atoms with Crippen LogP contribution >= 0.6 is 0 Å². The minimum Gasteiger partial charge on any atom is -0.448 e. The second kappa shape index (κ2) is 3.04. The Morgan fingerprint density at radius 2 is 1.87 bits per heavy atom. The van der Waals surface area contributed by atoms with Crippen LogP contribution in [0.15, 0.2) is 27.2 Å². The summed E-state index contributed by atoms with van der Waals surface area (Å²) in [7, 11) is 0. The van der Waals surface area contributed by atoms with Crippen molar-refractivity contribution in [1.82, 2.24) is 4.98 Å². The summed E-state index contributed by atoms with van der Waals surface area (Å²) in [5.41, 5.74) is 5.17. The average Bonchev–Trinajstić information content (AvgIpc) is 2.69. The van der Waals surface area contributed by atoms with Crippen molar-refractivity contribution >= 4 is 6.01 Å². The van der Waals surface area contributed by atoms with Gasteiger partial charge in [-0.1, -0.05) is 0 Å². The van der Waals surface area contributed by atoms with Crippen LogP contribution in [0.25, 0.3) is 11.5 Å². The maximum atomic E-state index is 12.2. The highest BCUT2D eigenvalue weighted by Crippen LogP contribution is 2.33. The van der Waals surface area contributed by atoms with Crippen molar-refractivity contribution in [3.63, 3.8) is 0 Å². The summed E-state index contributed by atoms with van der Waals surface area (Å²) < 4.78 is 45.8. The number of oxazole rings is 1. The molecule has 4 nitrogen and oxygen atoms in total. The number of hydrogen-bond acceptors (Lipinski definition) is 4. The molecule has 2 aromatic heterocycles. The second-order valence-electron chi connectivity index (χ2n) is 2.72. The lowest BCUT2D eigenvalue weighted by atomic mass is 10.4. The smallest absolute Gasteiger partial charge is 0.448 e. The van der Waals surface area contributed by atoms with Crippen LogP contribution in [-0.4, -0.2) is 4.98 Å². The van der Waals surface area contributed by atoms with Crippen LogP contribution in [0, 0.1) is 0 Å².